The molecular weight excluding hydrogens is 275 g/mol. The molecule has 0 aliphatic heterocycles. The minimum atomic E-state index is 0.499. The third-order valence-corrected chi connectivity index (χ3v) is 2.78. The van der Waals surface area contributed by atoms with E-state index in [1.165, 1.54) is 6.33 Å². The summed E-state index contributed by atoms with van der Waals surface area (Å²) in [6, 6.07) is 3.61. The fraction of sp³-hybridized carbons (Fsp3) is 0.273. The molecule has 1 heterocycles. The van der Waals surface area contributed by atoms with Crippen LogP contribution in [0.4, 0.5) is 5.95 Å². The van der Waals surface area contributed by atoms with Crippen LogP contribution in [0, 0.1) is 0 Å². The first-order valence-corrected chi connectivity index (χ1v) is 6.16. The largest absolute Gasteiger partial charge is 0.491 e. The molecule has 0 saturated heterocycles. The molecule has 0 saturated carbocycles. The summed E-state index contributed by atoms with van der Waals surface area (Å²) in [5.74, 6) is 1.11. The van der Waals surface area contributed by atoms with E-state index in [0.717, 1.165) is 5.56 Å². The predicted octanol–water partition coefficient (Wildman–Crippen LogP) is 3.12. The number of aromatic nitrogens is 3. The number of nitrogens with one attached hydrogen (secondary N) is 2. The molecule has 0 aliphatic rings. The summed E-state index contributed by atoms with van der Waals surface area (Å²) in [6.45, 7) is 2.95. The van der Waals surface area contributed by atoms with Gasteiger partial charge in [0.25, 0.3) is 0 Å². The van der Waals surface area contributed by atoms with Crippen LogP contribution < -0.4 is 10.1 Å². The Morgan fingerprint density at radius 2 is 2.06 bits per heavy atom. The lowest BCUT2D eigenvalue weighted by Crippen LogP contribution is -2.02. The van der Waals surface area contributed by atoms with Gasteiger partial charge >= 0.3 is 0 Å². The lowest BCUT2D eigenvalue weighted by atomic mass is 10.2. The van der Waals surface area contributed by atoms with Gasteiger partial charge < -0.3 is 10.1 Å². The van der Waals surface area contributed by atoms with E-state index >= 15 is 0 Å². The molecule has 0 amide bonds. The molecule has 96 valence electrons. The van der Waals surface area contributed by atoms with Gasteiger partial charge in [0.1, 0.15) is 6.33 Å². The van der Waals surface area contributed by atoms with Gasteiger partial charge in [-0.2, -0.15) is 5.10 Å². The van der Waals surface area contributed by atoms with Gasteiger partial charge in [0.2, 0.25) is 5.95 Å². The monoisotopic (exact) mass is 286 g/mol. The molecule has 5 nitrogen and oxygen atoms in total. The Morgan fingerprint density at radius 3 is 2.61 bits per heavy atom. The van der Waals surface area contributed by atoms with E-state index in [0.29, 0.717) is 34.9 Å². The van der Waals surface area contributed by atoms with Gasteiger partial charge in [0.05, 0.1) is 16.7 Å². The smallest absolute Gasteiger partial charge is 0.218 e. The van der Waals surface area contributed by atoms with Gasteiger partial charge in [0.15, 0.2) is 5.75 Å². The van der Waals surface area contributed by atoms with E-state index in [1.807, 2.05) is 19.1 Å². The van der Waals surface area contributed by atoms with E-state index in [9.17, 15) is 0 Å². The number of anilines is 1. The summed E-state index contributed by atoms with van der Waals surface area (Å²) in [6.07, 6.45) is 1.43. The van der Waals surface area contributed by atoms with Crippen LogP contribution in [0.25, 0.3) is 0 Å². The minimum Gasteiger partial charge on any atom is -0.491 e. The normalized spacial score (nSPS) is 10.4. The van der Waals surface area contributed by atoms with Crippen molar-refractivity contribution in [1.29, 1.82) is 0 Å². The first-order chi connectivity index (χ1) is 8.70. The molecule has 0 spiro atoms. The second-order valence-electron chi connectivity index (χ2n) is 3.51. The average molecular weight is 287 g/mol. The van der Waals surface area contributed by atoms with Gasteiger partial charge in [-0.25, -0.2) is 10.1 Å². The Kier molecular flexibility index (Phi) is 4.28. The van der Waals surface area contributed by atoms with Gasteiger partial charge in [-0.3, -0.25) is 0 Å². The van der Waals surface area contributed by atoms with Gasteiger partial charge in [0, 0.05) is 6.54 Å². The second kappa shape index (κ2) is 5.93. The van der Waals surface area contributed by atoms with Crippen molar-refractivity contribution in [2.75, 3.05) is 11.9 Å². The number of H-pyrrole nitrogens is 1. The molecule has 0 unspecified atom stereocenters. The van der Waals surface area contributed by atoms with Crippen LogP contribution in [0.1, 0.15) is 12.5 Å². The average Bonchev–Trinajstić information content (AvgIpc) is 2.84. The maximum absolute atomic E-state index is 6.10. The molecule has 0 radical (unpaired) electrons. The van der Waals surface area contributed by atoms with E-state index in [1.54, 1.807) is 0 Å². The predicted molar refractivity (Wildman–Crippen MR) is 71.3 cm³/mol. The number of nitrogens with zero attached hydrogens (tertiary/aromatic N) is 2. The molecule has 0 atom stereocenters. The minimum absolute atomic E-state index is 0.499. The van der Waals surface area contributed by atoms with Crippen molar-refractivity contribution in [3.63, 3.8) is 0 Å². The maximum atomic E-state index is 6.10. The molecule has 0 fully saturated rings. The van der Waals surface area contributed by atoms with Crippen LogP contribution in [-0.2, 0) is 6.54 Å². The van der Waals surface area contributed by atoms with Crippen molar-refractivity contribution in [2.45, 2.75) is 13.5 Å². The summed E-state index contributed by atoms with van der Waals surface area (Å²) < 4.78 is 5.36. The van der Waals surface area contributed by atoms with Crippen molar-refractivity contribution in [2.24, 2.45) is 0 Å². The SMILES string of the molecule is CCOc1c(Cl)cc(CNc2ncn[nH]2)cc1Cl. The number of halogens is 2. The number of ether oxygens (including phenoxy) is 1. The molecular formula is C11H12Cl2N4O. The van der Waals surface area contributed by atoms with Crippen LogP contribution in [-0.4, -0.2) is 21.8 Å². The number of hydrogen-bond acceptors (Lipinski definition) is 4. The molecule has 1 aromatic carbocycles. The van der Waals surface area contributed by atoms with Crippen molar-refractivity contribution in [3.8, 4) is 5.75 Å². The number of aromatic amines is 1. The molecule has 2 N–H and O–H groups in total. The lowest BCUT2D eigenvalue weighted by molar-refractivity contribution is 0.340. The van der Waals surface area contributed by atoms with Crippen molar-refractivity contribution in [1.82, 2.24) is 15.2 Å². The van der Waals surface area contributed by atoms with Gasteiger partial charge in [-0.05, 0) is 24.6 Å². The lowest BCUT2D eigenvalue weighted by Gasteiger charge is -2.10. The number of benzene rings is 1. The highest BCUT2D eigenvalue weighted by Gasteiger charge is 2.09. The Labute approximate surface area is 114 Å². The fourth-order valence-electron chi connectivity index (χ4n) is 1.47. The topological polar surface area (TPSA) is 62.8 Å². The van der Waals surface area contributed by atoms with Crippen LogP contribution in [0.5, 0.6) is 5.75 Å². The summed E-state index contributed by atoms with van der Waals surface area (Å²) in [7, 11) is 0. The van der Waals surface area contributed by atoms with E-state index in [2.05, 4.69) is 20.5 Å². The van der Waals surface area contributed by atoms with Crippen LogP contribution in [0.2, 0.25) is 10.0 Å². The fourth-order valence-corrected chi connectivity index (χ4v) is 2.11. The van der Waals surface area contributed by atoms with Crippen LogP contribution in [0.15, 0.2) is 18.5 Å². The third-order valence-electron chi connectivity index (χ3n) is 2.22. The molecule has 0 bridgehead atoms. The summed E-state index contributed by atoms with van der Waals surface area (Å²) >= 11 is 12.2. The Hall–Kier alpha value is -1.46. The van der Waals surface area contributed by atoms with Crippen LogP contribution in [0.3, 0.4) is 0 Å². The zero-order chi connectivity index (χ0) is 13.0. The summed E-state index contributed by atoms with van der Waals surface area (Å²) in [4.78, 5) is 3.95. The molecule has 0 aliphatic carbocycles. The van der Waals surface area contributed by atoms with Crippen molar-refractivity contribution < 1.29 is 4.74 Å². The van der Waals surface area contributed by atoms with Gasteiger partial charge in [-0.15, -0.1) is 0 Å². The zero-order valence-corrected chi connectivity index (χ0v) is 11.2. The standard InChI is InChI=1S/C11H12Cl2N4O/c1-2-18-10-8(12)3-7(4-9(10)13)5-14-11-15-6-16-17-11/h3-4,6H,2,5H2,1H3,(H2,14,15,16,17). The summed E-state index contributed by atoms with van der Waals surface area (Å²) in [5.41, 5.74) is 0.935. The second-order valence-corrected chi connectivity index (χ2v) is 4.32. The molecule has 7 heteroatoms. The number of hydrogen-bond donors (Lipinski definition) is 2. The van der Waals surface area contributed by atoms with E-state index < -0.39 is 0 Å². The van der Waals surface area contributed by atoms with Crippen molar-refractivity contribution >= 4 is 29.2 Å². The van der Waals surface area contributed by atoms with Crippen molar-refractivity contribution in [3.05, 3.63) is 34.1 Å². The Bertz CT molecular complexity index is 493. The first-order valence-electron chi connectivity index (χ1n) is 5.40. The highest BCUT2D eigenvalue weighted by molar-refractivity contribution is 6.37. The Balaban J connectivity index is 2.10. The van der Waals surface area contributed by atoms with E-state index in [-0.39, 0.29) is 0 Å². The molecule has 1 aromatic heterocycles. The third kappa shape index (κ3) is 3.05. The zero-order valence-electron chi connectivity index (χ0n) is 9.70. The quantitative estimate of drug-likeness (QED) is 0.887. The molecule has 2 rings (SSSR count). The molecule has 2 aromatic rings. The first kappa shape index (κ1) is 13.0. The van der Waals surface area contributed by atoms with Gasteiger partial charge in [-0.1, -0.05) is 23.2 Å². The summed E-state index contributed by atoms with van der Waals surface area (Å²) in [5, 5.41) is 10.5. The highest BCUT2D eigenvalue weighted by Crippen LogP contribution is 2.34. The van der Waals surface area contributed by atoms with E-state index in [4.69, 9.17) is 27.9 Å². The maximum Gasteiger partial charge on any atom is 0.218 e. The number of rotatable bonds is 5. The molecule has 18 heavy (non-hydrogen) atoms. The van der Waals surface area contributed by atoms with Crippen LogP contribution >= 0.6 is 23.2 Å². The highest BCUT2D eigenvalue weighted by atomic mass is 35.5. The Morgan fingerprint density at radius 1 is 1.33 bits per heavy atom.